The zero-order valence-corrected chi connectivity index (χ0v) is 25.5. The molecule has 2 amide bonds. The maximum absolute atomic E-state index is 13.9. The molecule has 2 aliphatic heterocycles. The van der Waals surface area contributed by atoms with Crippen molar-refractivity contribution in [2.45, 2.75) is 56.0 Å². The number of carbonyl (C=O) groups is 4. The number of thioether (sulfide) groups is 1. The molecule has 5 rings (SSSR count). The largest absolute Gasteiger partial charge is 0.456 e. The van der Waals surface area contributed by atoms with Crippen molar-refractivity contribution in [1.82, 2.24) is 4.90 Å². The topological polar surface area (TPSA) is 139 Å². The summed E-state index contributed by atoms with van der Waals surface area (Å²) in [4.78, 5) is 56.5. The first-order chi connectivity index (χ1) is 21.0. The van der Waals surface area contributed by atoms with E-state index in [1.54, 1.807) is 39.0 Å². The molecule has 10 nitrogen and oxygen atoms in total. The molecule has 4 atom stereocenters. The lowest BCUT2D eigenvalue weighted by atomic mass is 9.96. The molecule has 11 heteroatoms. The van der Waals surface area contributed by atoms with E-state index in [-0.39, 0.29) is 17.0 Å². The summed E-state index contributed by atoms with van der Waals surface area (Å²) in [6.07, 6.45) is -1.97. The van der Waals surface area contributed by atoms with Crippen molar-refractivity contribution in [1.29, 1.82) is 0 Å². The number of ether oxygens (including phenoxy) is 2. The molecule has 44 heavy (non-hydrogen) atoms. The van der Waals surface area contributed by atoms with Gasteiger partial charge in [0, 0.05) is 5.75 Å². The number of hydrogen-bond donors (Lipinski definition) is 2. The van der Waals surface area contributed by atoms with Crippen LogP contribution in [0.3, 0.4) is 0 Å². The smallest absolute Gasteiger partial charge is 0.340 e. The normalized spacial score (nSPS) is 21.2. The summed E-state index contributed by atoms with van der Waals surface area (Å²) in [5.41, 5.74) is 6.72. The van der Waals surface area contributed by atoms with Crippen molar-refractivity contribution in [2.75, 3.05) is 17.2 Å². The lowest BCUT2D eigenvalue weighted by Gasteiger charge is -2.56. The number of nitrogens with two attached hydrogens (primary N) is 1. The molecule has 2 heterocycles. The molecule has 3 aromatic carbocycles. The van der Waals surface area contributed by atoms with Gasteiger partial charge in [-0.05, 0) is 44.0 Å². The van der Waals surface area contributed by atoms with Crippen LogP contribution in [0.1, 0.15) is 48.4 Å². The minimum atomic E-state index is -1.30. The third kappa shape index (κ3) is 6.21. The van der Waals surface area contributed by atoms with Crippen LogP contribution in [0.25, 0.3) is 0 Å². The molecule has 0 bridgehead atoms. The Balaban J connectivity index is 1.44. The van der Waals surface area contributed by atoms with Crippen LogP contribution in [-0.2, 0) is 23.9 Å². The molecule has 0 spiro atoms. The number of aliphatic hydroxyl groups is 1. The number of nitrogens with zero attached hydrogens (tertiary/aromatic N) is 2. The summed E-state index contributed by atoms with van der Waals surface area (Å²) in [7, 11) is 0. The van der Waals surface area contributed by atoms with E-state index in [2.05, 4.69) is 0 Å². The second-order valence-electron chi connectivity index (χ2n) is 11.6. The van der Waals surface area contributed by atoms with Crippen LogP contribution in [-0.4, -0.2) is 75.2 Å². The zero-order valence-electron chi connectivity index (χ0n) is 24.7. The second-order valence-corrected chi connectivity index (χ2v) is 12.7. The van der Waals surface area contributed by atoms with Gasteiger partial charge in [-0.15, -0.1) is 11.8 Å². The molecule has 0 aliphatic carbocycles. The van der Waals surface area contributed by atoms with Gasteiger partial charge in [0.05, 0.1) is 23.9 Å². The number of hydrogen-bond acceptors (Lipinski definition) is 9. The Kier molecular flexibility index (Phi) is 9.10. The Bertz CT molecular complexity index is 1490. The number of fused-ring (bicyclic) bond motifs is 1. The number of rotatable bonds is 8. The monoisotopic (exact) mass is 617 g/mol. The Morgan fingerprint density at radius 2 is 1.55 bits per heavy atom. The zero-order chi connectivity index (χ0) is 31.6. The summed E-state index contributed by atoms with van der Waals surface area (Å²) in [6, 6.07) is 22.4. The summed E-state index contributed by atoms with van der Waals surface area (Å²) in [5.74, 6) is -2.46. The highest BCUT2D eigenvalue weighted by Crippen LogP contribution is 2.43. The van der Waals surface area contributed by atoms with Crippen molar-refractivity contribution in [2.24, 2.45) is 5.73 Å². The van der Waals surface area contributed by atoms with Crippen LogP contribution in [0, 0.1) is 0 Å². The predicted molar refractivity (Wildman–Crippen MR) is 166 cm³/mol. The highest BCUT2D eigenvalue weighted by Gasteiger charge is 2.61. The molecule has 2 fully saturated rings. The molecule has 2 aliphatic rings. The third-order valence-electron chi connectivity index (χ3n) is 7.34. The Hall–Kier alpha value is -4.19. The number of aliphatic hydroxyl groups excluding tert-OH is 1. The number of β-lactam (4-membered cyclic amide) rings is 1. The average Bonchev–Trinajstić information content (AvgIpc) is 3.01. The van der Waals surface area contributed by atoms with Crippen LogP contribution in [0.4, 0.5) is 5.69 Å². The summed E-state index contributed by atoms with van der Waals surface area (Å²) < 4.78 is 11.6. The lowest BCUT2D eigenvalue weighted by Crippen LogP contribution is -2.77. The third-order valence-corrected chi connectivity index (χ3v) is 8.70. The molecule has 0 aromatic heterocycles. The predicted octanol–water partition coefficient (Wildman–Crippen LogP) is 3.28. The molecule has 3 aromatic rings. The van der Waals surface area contributed by atoms with Gasteiger partial charge in [0.2, 0.25) is 5.91 Å². The molecule has 2 unspecified atom stereocenters. The number of amides is 2. The Labute approximate surface area is 260 Å². The van der Waals surface area contributed by atoms with Gasteiger partial charge in [0.15, 0.2) is 12.1 Å². The van der Waals surface area contributed by atoms with E-state index in [0.29, 0.717) is 0 Å². The number of anilines is 1. The van der Waals surface area contributed by atoms with Gasteiger partial charge in [-0.1, -0.05) is 72.8 Å². The van der Waals surface area contributed by atoms with E-state index < -0.39 is 65.6 Å². The van der Waals surface area contributed by atoms with Gasteiger partial charge in [0.25, 0.3) is 5.91 Å². The summed E-state index contributed by atoms with van der Waals surface area (Å²) >= 11 is 1.24. The Morgan fingerprint density at radius 1 is 0.977 bits per heavy atom. The van der Waals surface area contributed by atoms with E-state index in [1.807, 2.05) is 60.7 Å². The minimum Gasteiger partial charge on any atom is -0.456 e. The lowest BCUT2D eigenvalue weighted by molar-refractivity contribution is -0.172. The van der Waals surface area contributed by atoms with E-state index in [4.69, 9.17) is 15.2 Å². The fraction of sp³-hybridized carbons (Fsp3) is 0.333. The first kappa shape index (κ1) is 31.2. The average molecular weight is 618 g/mol. The number of carbonyl (C=O) groups excluding carboxylic acids is 4. The maximum atomic E-state index is 13.9. The van der Waals surface area contributed by atoms with Gasteiger partial charge >= 0.3 is 11.9 Å². The van der Waals surface area contributed by atoms with Crippen molar-refractivity contribution in [3.8, 4) is 0 Å². The molecular formula is C33H35N3O7S. The Morgan fingerprint density at radius 3 is 2.11 bits per heavy atom. The van der Waals surface area contributed by atoms with Crippen molar-refractivity contribution < 1.29 is 33.8 Å². The number of para-hydroxylation sites is 1. The van der Waals surface area contributed by atoms with Crippen LogP contribution in [0.15, 0.2) is 84.9 Å². The highest BCUT2D eigenvalue weighted by atomic mass is 32.2. The highest BCUT2D eigenvalue weighted by molar-refractivity contribution is 8.00. The van der Waals surface area contributed by atoms with Gasteiger partial charge < -0.3 is 25.2 Å². The fourth-order valence-corrected chi connectivity index (χ4v) is 6.81. The summed E-state index contributed by atoms with van der Waals surface area (Å²) in [5, 5.41) is 10.3. The van der Waals surface area contributed by atoms with Gasteiger partial charge in [-0.25, -0.2) is 9.59 Å². The minimum absolute atomic E-state index is 0.0980. The quantitative estimate of drug-likeness (QED) is 0.288. The first-order valence-corrected chi connectivity index (χ1v) is 15.3. The van der Waals surface area contributed by atoms with Crippen molar-refractivity contribution in [3.05, 3.63) is 102 Å². The van der Waals surface area contributed by atoms with Crippen molar-refractivity contribution >= 4 is 41.2 Å². The van der Waals surface area contributed by atoms with Gasteiger partial charge in [-0.3, -0.25) is 14.5 Å². The SMILES string of the molecule is CC(C)(C)OC(=O)c1ccccc1N(C(=O)CN)[C@@H]1C(=O)N2C(C(=O)OC(c3ccccc3)c3ccccc3)C(O)CS[C@@H]12. The molecule has 230 valence electrons. The fourth-order valence-electron chi connectivity index (χ4n) is 5.42. The van der Waals surface area contributed by atoms with Crippen LogP contribution in [0.5, 0.6) is 0 Å². The summed E-state index contributed by atoms with van der Waals surface area (Å²) in [6.45, 7) is 4.76. The van der Waals surface area contributed by atoms with Gasteiger partial charge in [-0.2, -0.15) is 0 Å². The standard InChI is InChI=1S/C33H35N3O7S/c1-33(2,3)43-31(40)22-16-10-11-17-23(22)35(25(38)18-34)27-29(39)36-26(24(37)19-44-30(27)36)32(41)42-28(20-12-6-4-7-13-20)21-14-8-5-9-15-21/h4-17,24,26-28,30,37H,18-19,34H2,1-3H3/t24?,26?,27-,30+/m1/s1. The van der Waals surface area contributed by atoms with Crippen LogP contribution in [0.2, 0.25) is 0 Å². The van der Waals surface area contributed by atoms with E-state index in [9.17, 15) is 24.3 Å². The number of benzene rings is 3. The van der Waals surface area contributed by atoms with Crippen molar-refractivity contribution in [3.63, 3.8) is 0 Å². The molecule has 3 N–H and O–H groups in total. The molecular weight excluding hydrogens is 582 g/mol. The number of esters is 2. The van der Waals surface area contributed by atoms with Crippen LogP contribution < -0.4 is 10.6 Å². The van der Waals surface area contributed by atoms with E-state index >= 15 is 0 Å². The van der Waals surface area contributed by atoms with Crippen LogP contribution >= 0.6 is 11.8 Å². The molecule has 2 saturated heterocycles. The molecule has 0 saturated carbocycles. The second kappa shape index (κ2) is 12.8. The van der Waals surface area contributed by atoms with Gasteiger partial charge in [0.1, 0.15) is 17.0 Å². The first-order valence-electron chi connectivity index (χ1n) is 14.3. The molecule has 0 radical (unpaired) electrons. The van der Waals surface area contributed by atoms with E-state index in [0.717, 1.165) is 11.1 Å². The maximum Gasteiger partial charge on any atom is 0.340 e. The van der Waals surface area contributed by atoms with E-state index in [1.165, 1.54) is 27.6 Å².